The molecule has 1 atom stereocenters. The lowest BCUT2D eigenvalue weighted by molar-refractivity contribution is -0.122. The molecule has 0 aliphatic heterocycles. The minimum atomic E-state index is -0.902. The van der Waals surface area contributed by atoms with E-state index in [0.717, 1.165) is 30.5 Å². The molecule has 142 valence electrons. The largest absolute Gasteiger partial charge is 0.352 e. The maximum Gasteiger partial charge on any atom is 0.254 e. The van der Waals surface area contributed by atoms with Gasteiger partial charge in [0.2, 0.25) is 5.91 Å². The van der Waals surface area contributed by atoms with Gasteiger partial charge in [0, 0.05) is 19.0 Å². The van der Waals surface area contributed by atoms with Crippen molar-refractivity contribution in [1.29, 1.82) is 0 Å². The van der Waals surface area contributed by atoms with Crippen molar-refractivity contribution in [1.82, 2.24) is 10.6 Å². The third-order valence-corrected chi connectivity index (χ3v) is 4.61. The minimum absolute atomic E-state index is 0.0293. The summed E-state index contributed by atoms with van der Waals surface area (Å²) in [6, 6.07) is 12.7. The molecule has 0 radical (unpaired) electrons. The molecule has 0 saturated heterocycles. The Bertz CT molecular complexity index is 807. The van der Waals surface area contributed by atoms with E-state index in [1.807, 2.05) is 30.3 Å². The molecule has 1 aliphatic rings. The Balaban J connectivity index is 1.43. The van der Waals surface area contributed by atoms with Crippen LogP contribution in [0.15, 0.2) is 48.5 Å². The first-order valence-corrected chi connectivity index (χ1v) is 9.12. The third kappa shape index (κ3) is 5.36. The monoisotopic (exact) mass is 372 g/mol. The molecule has 1 aliphatic carbocycles. The number of amides is 2. The molecule has 27 heavy (non-hydrogen) atoms. The molecule has 1 fully saturated rings. The fourth-order valence-corrected chi connectivity index (χ4v) is 3.03. The second kappa shape index (κ2) is 8.75. The Morgan fingerprint density at radius 2 is 1.81 bits per heavy atom. The number of benzene rings is 2. The lowest BCUT2D eigenvalue weighted by Gasteiger charge is -2.19. The summed E-state index contributed by atoms with van der Waals surface area (Å²) >= 11 is 0. The summed E-state index contributed by atoms with van der Waals surface area (Å²) < 4.78 is 26.4. The lowest BCUT2D eigenvalue weighted by atomic mass is 10.0. The van der Waals surface area contributed by atoms with Crippen molar-refractivity contribution >= 4 is 11.8 Å². The predicted octanol–water partition coefficient (Wildman–Crippen LogP) is 3.74. The summed E-state index contributed by atoms with van der Waals surface area (Å²) in [4.78, 5) is 24.1. The normalized spacial score (nSPS) is 14.4. The Labute approximate surface area is 157 Å². The molecule has 1 saturated carbocycles. The molecule has 4 nitrogen and oxygen atoms in total. The summed E-state index contributed by atoms with van der Waals surface area (Å²) in [5, 5.41) is 5.63. The van der Waals surface area contributed by atoms with Crippen LogP contribution in [-0.4, -0.2) is 18.4 Å². The lowest BCUT2D eigenvalue weighted by Crippen LogP contribution is -2.31. The number of hydrogen-bond donors (Lipinski definition) is 2. The van der Waals surface area contributed by atoms with E-state index in [1.165, 1.54) is 0 Å². The molecule has 2 amide bonds. The van der Waals surface area contributed by atoms with Crippen molar-refractivity contribution in [3.8, 4) is 0 Å². The number of hydrogen-bond acceptors (Lipinski definition) is 2. The molecule has 2 aromatic rings. The number of carbonyl (C=O) groups excluding carboxylic acids is 2. The molecule has 2 aromatic carbocycles. The first kappa shape index (κ1) is 19.0. The van der Waals surface area contributed by atoms with Gasteiger partial charge in [-0.1, -0.05) is 30.3 Å². The maximum atomic E-state index is 13.6. The van der Waals surface area contributed by atoms with Crippen LogP contribution in [0.3, 0.4) is 0 Å². The van der Waals surface area contributed by atoms with E-state index < -0.39 is 17.5 Å². The zero-order chi connectivity index (χ0) is 19.2. The zero-order valence-electron chi connectivity index (χ0n) is 14.9. The van der Waals surface area contributed by atoms with Crippen molar-refractivity contribution < 1.29 is 18.4 Å². The predicted molar refractivity (Wildman–Crippen MR) is 98.0 cm³/mol. The molecule has 0 bridgehead atoms. The highest BCUT2D eigenvalue weighted by molar-refractivity contribution is 5.94. The summed E-state index contributed by atoms with van der Waals surface area (Å²) in [6.07, 6.45) is 2.92. The maximum absolute atomic E-state index is 13.6. The van der Waals surface area contributed by atoms with Crippen molar-refractivity contribution in [2.24, 2.45) is 5.92 Å². The molecule has 1 unspecified atom stereocenters. The van der Waals surface area contributed by atoms with E-state index in [-0.39, 0.29) is 30.5 Å². The fraction of sp³-hybridized carbons (Fsp3) is 0.333. The average molecular weight is 372 g/mol. The van der Waals surface area contributed by atoms with Gasteiger partial charge in [0.25, 0.3) is 5.91 Å². The summed E-state index contributed by atoms with van der Waals surface area (Å²) in [6.45, 7) is 0.239. The van der Waals surface area contributed by atoms with E-state index in [9.17, 15) is 18.4 Å². The third-order valence-electron chi connectivity index (χ3n) is 4.61. The van der Waals surface area contributed by atoms with E-state index in [1.54, 1.807) is 0 Å². The van der Waals surface area contributed by atoms with Gasteiger partial charge >= 0.3 is 0 Å². The van der Waals surface area contributed by atoms with Crippen molar-refractivity contribution in [2.45, 2.75) is 31.7 Å². The standard InChI is InChI=1S/C21H22F2N2O2/c22-16-10-11-17(18(23)13-16)21(27)24-12-4-7-19(26)25-20(15-8-9-15)14-5-2-1-3-6-14/h1-3,5-6,10-11,13,15,20H,4,7-9,12H2,(H,24,27)(H,25,26). The smallest absolute Gasteiger partial charge is 0.254 e. The van der Waals surface area contributed by atoms with Crippen LogP contribution in [0.1, 0.15) is 47.6 Å². The van der Waals surface area contributed by atoms with Crippen molar-refractivity contribution in [3.05, 3.63) is 71.3 Å². The highest BCUT2D eigenvalue weighted by Gasteiger charge is 2.33. The van der Waals surface area contributed by atoms with Crippen LogP contribution in [0.4, 0.5) is 8.78 Å². The molecular weight excluding hydrogens is 350 g/mol. The van der Waals surface area contributed by atoms with E-state index in [2.05, 4.69) is 10.6 Å². The van der Waals surface area contributed by atoms with Gasteiger partial charge in [0.15, 0.2) is 0 Å². The second-order valence-electron chi connectivity index (χ2n) is 6.78. The Kier molecular flexibility index (Phi) is 6.16. The van der Waals surface area contributed by atoms with Crippen LogP contribution >= 0.6 is 0 Å². The van der Waals surface area contributed by atoms with E-state index in [4.69, 9.17) is 0 Å². The molecule has 2 N–H and O–H groups in total. The van der Waals surface area contributed by atoms with Crippen LogP contribution in [0.5, 0.6) is 0 Å². The van der Waals surface area contributed by atoms with Gasteiger partial charge in [-0.25, -0.2) is 8.78 Å². The highest BCUT2D eigenvalue weighted by atomic mass is 19.1. The molecule has 0 spiro atoms. The van der Waals surface area contributed by atoms with E-state index in [0.29, 0.717) is 18.4 Å². The quantitative estimate of drug-likeness (QED) is 0.694. The number of halogens is 2. The van der Waals surface area contributed by atoms with Gasteiger partial charge in [-0.3, -0.25) is 9.59 Å². The van der Waals surface area contributed by atoms with Crippen LogP contribution in [0.2, 0.25) is 0 Å². The SMILES string of the molecule is O=C(CCCNC(=O)c1ccc(F)cc1F)NC(c1ccccc1)C1CC1. The van der Waals surface area contributed by atoms with Crippen LogP contribution in [-0.2, 0) is 4.79 Å². The zero-order valence-corrected chi connectivity index (χ0v) is 14.9. The number of carbonyl (C=O) groups is 2. The van der Waals surface area contributed by atoms with Crippen LogP contribution < -0.4 is 10.6 Å². The first-order chi connectivity index (χ1) is 13.0. The Morgan fingerprint density at radius 3 is 2.48 bits per heavy atom. The first-order valence-electron chi connectivity index (χ1n) is 9.12. The topological polar surface area (TPSA) is 58.2 Å². The Hall–Kier alpha value is -2.76. The van der Waals surface area contributed by atoms with Gasteiger partial charge in [-0.15, -0.1) is 0 Å². The highest BCUT2D eigenvalue weighted by Crippen LogP contribution is 2.40. The molecular formula is C21H22F2N2O2. The second-order valence-corrected chi connectivity index (χ2v) is 6.78. The van der Waals surface area contributed by atoms with Gasteiger partial charge in [-0.05, 0) is 42.9 Å². The van der Waals surface area contributed by atoms with Crippen molar-refractivity contribution in [2.75, 3.05) is 6.54 Å². The van der Waals surface area contributed by atoms with Crippen molar-refractivity contribution in [3.63, 3.8) is 0 Å². The minimum Gasteiger partial charge on any atom is -0.352 e. The molecule has 6 heteroatoms. The number of rotatable bonds is 8. The van der Waals surface area contributed by atoms with Gasteiger partial charge in [0.1, 0.15) is 11.6 Å². The van der Waals surface area contributed by atoms with Crippen LogP contribution in [0, 0.1) is 17.6 Å². The Morgan fingerprint density at radius 1 is 1.07 bits per heavy atom. The fourth-order valence-electron chi connectivity index (χ4n) is 3.03. The molecule has 0 aromatic heterocycles. The van der Waals surface area contributed by atoms with Gasteiger partial charge < -0.3 is 10.6 Å². The average Bonchev–Trinajstić information content (AvgIpc) is 3.49. The van der Waals surface area contributed by atoms with Gasteiger partial charge in [-0.2, -0.15) is 0 Å². The summed E-state index contributed by atoms with van der Waals surface area (Å²) in [7, 11) is 0. The number of nitrogens with one attached hydrogen (secondary N) is 2. The molecule has 3 rings (SSSR count). The van der Waals surface area contributed by atoms with E-state index >= 15 is 0 Å². The van der Waals surface area contributed by atoms with Crippen LogP contribution in [0.25, 0.3) is 0 Å². The molecule has 0 heterocycles. The summed E-state index contributed by atoms with van der Waals surface area (Å²) in [5.74, 6) is -1.84. The summed E-state index contributed by atoms with van der Waals surface area (Å²) in [5.41, 5.74) is 0.896. The van der Waals surface area contributed by atoms with Gasteiger partial charge in [0.05, 0.1) is 11.6 Å².